The van der Waals surface area contributed by atoms with E-state index in [1.807, 2.05) is 0 Å². The fourth-order valence-corrected chi connectivity index (χ4v) is 2.62. The van der Waals surface area contributed by atoms with Crippen LogP contribution in [0.3, 0.4) is 0 Å². The maximum Gasteiger partial charge on any atom is 0.105 e. The molecular weight excluding hydrogens is 184 g/mol. The molecule has 0 amide bonds. The first-order chi connectivity index (χ1) is 6.05. The van der Waals surface area contributed by atoms with Crippen LogP contribution >= 0.6 is 11.5 Å². The highest BCUT2D eigenvalue weighted by atomic mass is 32.1. The second kappa shape index (κ2) is 2.75. The van der Waals surface area contributed by atoms with E-state index >= 15 is 0 Å². The van der Waals surface area contributed by atoms with Crippen LogP contribution in [-0.2, 0) is 5.60 Å². The lowest BCUT2D eigenvalue weighted by molar-refractivity contribution is 0.137. The van der Waals surface area contributed by atoms with Crippen molar-refractivity contribution in [1.29, 1.82) is 0 Å². The quantitative estimate of drug-likeness (QED) is 0.789. The maximum atomic E-state index is 10.1. The molecule has 0 saturated heterocycles. The van der Waals surface area contributed by atoms with Crippen LogP contribution in [0.15, 0.2) is 0 Å². The van der Waals surface area contributed by atoms with Gasteiger partial charge in [0.1, 0.15) is 5.60 Å². The third-order valence-corrected chi connectivity index (χ3v) is 3.63. The fraction of sp³-hybridized carbons (Fsp3) is 0.778. The van der Waals surface area contributed by atoms with Gasteiger partial charge < -0.3 is 5.11 Å². The molecule has 1 aromatic rings. The van der Waals surface area contributed by atoms with Crippen molar-refractivity contribution in [2.24, 2.45) is 5.92 Å². The molecule has 1 aliphatic carbocycles. The molecule has 0 aliphatic heterocycles. The van der Waals surface area contributed by atoms with Gasteiger partial charge in [-0.3, -0.25) is 0 Å². The topological polar surface area (TPSA) is 46.0 Å². The van der Waals surface area contributed by atoms with Gasteiger partial charge in [0.25, 0.3) is 0 Å². The first kappa shape index (κ1) is 9.09. The van der Waals surface area contributed by atoms with E-state index in [0.29, 0.717) is 11.8 Å². The second-order valence-corrected chi connectivity index (χ2v) is 4.93. The van der Waals surface area contributed by atoms with Gasteiger partial charge in [0, 0.05) is 0 Å². The highest BCUT2D eigenvalue weighted by Gasteiger charge is 2.54. The molecule has 1 saturated carbocycles. The molecule has 1 fully saturated rings. The summed E-state index contributed by atoms with van der Waals surface area (Å²) in [5, 5.41) is 14.2. The Morgan fingerprint density at radius 2 is 2.23 bits per heavy atom. The zero-order valence-corrected chi connectivity index (χ0v) is 8.93. The van der Waals surface area contributed by atoms with Crippen molar-refractivity contribution in [3.63, 3.8) is 0 Å². The van der Waals surface area contributed by atoms with Gasteiger partial charge in [-0.05, 0) is 29.8 Å². The van der Waals surface area contributed by atoms with Crippen molar-refractivity contribution < 1.29 is 5.11 Å². The molecule has 1 N–H and O–H groups in total. The average Bonchev–Trinajstić information content (AvgIpc) is 2.54. The zero-order chi connectivity index (χ0) is 9.64. The van der Waals surface area contributed by atoms with Crippen LogP contribution in [-0.4, -0.2) is 14.7 Å². The van der Waals surface area contributed by atoms with Gasteiger partial charge in [-0.1, -0.05) is 25.3 Å². The van der Waals surface area contributed by atoms with E-state index in [1.165, 1.54) is 11.5 Å². The molecule has 2 rings (SSSR count). The second-order valence-electron chi connectivity index (χ2n) is 4.17. The summed E-state index contributed by atoms with van der Waals surface area (Å²) in [6.07, 6.45) is 0.858. The van der Waals surface area contributed by atoms with E-state index in [4.69, 9.17) is 0 Å². The molecule has 0 spiro atoms. The maximum absolute atomic E-state index is 10.1. The van der Waals surface area contributed by atoms with E-state index in [0.717, 1.165) is 17.0 Å². The Bertz CT molecular complexity index is 323. The van der Waals surface area contributed by atoms with Crippen molar-refractivity contribution in [2.45, 2.75) is 38.7 Å². The third-order valence-electron chi connectivity index (χ3n) is 2.73. The number of aromatic nitrogens is 2. The van der Waals surface area contributed by atoms with Crippen LogP contribution in [0.4, 0.5) is 0 Å². The van der Waals surface area contributed by atoms with Crippen LogP contribution in [0, 0.1) is 5.92 Å². The van der Waals surface area contributed by atoms with Crippen molar-refractivity contribution >= 4 is 11.5 Å². The summed E-state index contributed by atoms with van der Waals surface area (Å²) in [5.74, 6) is 0.720. The predicted octanol–water partition coefficient (Wildman–Crippen LogP) is 1.89. The van der Waals surface area contributed by atoms with E-state index in [9.17, 15) is 5.11 Å². The van der Waals surface area contributed by atoms with Crippen LogP contribution in [0.1, 0.15) is 43.7 Å². The molecule has 1 heterocycles. The SMILES string of the molecule is CC(C)c1nnsc1C1(O)CC1C. The van der Waals surface area contributed by atoms with E-state index < -0.39 is 5.60 Å². The van der Waals surface area contributed by atoms with E-state index in [2.05, 4.69) is 30.4 Å². The Kier molecular flexibility index (Phi) is 1.92. The Hall–Kier alpha value is -0.480. The Labute approximate surface area is 82.0 Å². The molecule has 1 aromatic heterocycles. The zero-order valence-electron chi connectivity index (χ0n) is 8.11. The van der Waals surface area contributed by atoms with Crippen LogP contribution in [0.5, 0.6) is 0 Å². The summed E-state index contributed by atoms with van der Waals surface area (Å²) < 4.78 is 3.92. The van der Waals surface area contributed by atoms with Gasteiger partial charge >= 0.3 is 0 Å². The summed E-state index contributed by atoms with van der Waals surface area (Å²) in [4.78, 5) is 0.981. The predicted molar refractivity (Wildman–Crippen MR) is 51.7 cm³/mol. The summed E-state index contributed by atoms with van der Waals surface area (Å²) in [6.45, 7) is 6.22. The van der Waals surface area contributed by atoms with E-state index in [-0.39, 0.29) is 0 Å². The molecule has 3 nitrogen and oxygen atoms in total. The molecule has 2 atom stereocenters. The smallest absolute Gasteiger partial charge is 0.105 e. The minimum atomic E-state index is -0.603. The summed E-state index contributed by atoms with van der Waals surface area (Å²) in [5.41, 5.74) is 0.366. The van der Waals surface area contributed by atoms with Crippen molar-refractivity contribution in [3.05, 3.63) is 10.6 Å². The molecule has 1 aliphatic rings. The van der Waals surface area contributed by atoms with Crippen LogP contribution < -0.4 is 0 Å². The lowest BCUT2D eigenvalue weighted by Gasteiger charge is -2.09. The van der Waals surface area contributed by atoms with Gasteiger partial charge in [-0.2, -0.15) is 0 Å². The van der Waals surface area contributed by atoms with Crippen molar-refractivity contribution in [1.82, 2.24) is 9.59 Å². The average molecular weight is 198 g/mol. The standard InChI is InChI=1S/C9H14N2OS/c1-5(2)7-8(13-11-10-7)9(12)4-6(9)3/h5-6,12H,4H2,1-3H3. The summed E-state index contributed by atoms with van der Waals surface area (Å²) in [7, 11) is 0. The lowest BCUT2D eigenvalue weighted by Crippen LogP contribution is -2.09. The Morgan fingerprint density at radius 1 is 1.62 bits per heavy atom. The number of hydrogen-bond donors (Lipinski definition) is 1. The molecule has 72 valence electrons. The number of hydrogen-bond acceptors (Lipinski definition) is 4. The van der Waals surface area contributed by atoms with Gasteiger partial charge in [-0.15, -0.1) is 5.10 Å². The Balaban J connectivity index is 2.36. The first-order valence-corrected chi connectivity index (χ1v) is 5.38. The molecule has 0 aromatic carbocycles. The number of aliphatic hydroxyl groups is 1. The minimum Gasteiger partial charge on any atom is -0.384 e. The molecule has 0 bridgehead atoms. The van der Waals surface area contributed by atoms with Crippen molar-refractivity contribution in [3.8, 4) is 0 Å². The Morgan fingerprint density at radius 3 is 2.69 bits per heavy atom. The largest absolute Gasteiger partial charge is 0.384 e. The molecule has 2 unspecified atom stereocenters. The molecule has 0 radical (unpaired) electrons. The summed E-state index contributed by atoms with van der Waals surface area (Å²) >= 11 is 1.34. The number of nitrogens with zero attached hydrogens (tertiary/aromatic N) is 2. The molecule has 13 heavy (non-hydrogen) atoms. The normalized spacial score (nSPS) is 32.5. The van der Waals surface area contributed by atoms with Gasteiger partial charge in [-0.25, -0.2) is 0 Å². The minimum absolute atomic E-state index is 0.352. The van der Waals surface area contributed by atoms with Gasteiger partial charge in [0.2, 0.25) is 0 Å². The monoisotopic (exact) mass is 198 g/mol. The van der Waals surface area contributed by atoms with Crippen molar-refractivity contribution in [2.75, 3.05) is 0 Å². The third kappa shape index (κ3) is 1.28. The lowest BCUT2D eigenvalue weighted by atomic mass is 10.1. The van der Waals surface area contributed by atoms with Gasteiger partial charge in [0.15, 0.2) is 0 Å². The van der Waals surface area contributed by atoms with Crippen LogP contribution in [0.25, 0.3) is 0 Å². The first-order valence-electron chi connectivity index (χ1n) is 4.61. The van der Waals surface area contributed by atoms with E-state index in [1.54, 1.807) is 0 Å². The van der Waals surface area contributed by atoms with Gasteiger partial charge in [0.05, 0.1) is 10.6 Å². The number of rotatable bonds is 2. The fourth-order valence-electron chi connectivity index (χ4n) is 1.60. The van der Waals surface area contributed by atoms with Crippen LogP contribution in [0.2, 0.25) is 0 Å². The highest BCUT2D eigenvalue weighted by molar-refractivity contribution is 7.05. The molecular formula is C9H14N2OS. The molecule has 4 heteroatoms. The summed E-state index contributed by atoms with van der Waals surface area (Å²) in [6, 6.07) is 0. The highest BCUT2D eigenvalue weighted by Crippen LogP contribution is 2.54.